The first kappa shape index (κ1) is 26.7. The fourth-order valence-electron chi connectivity index (χ4n) is 4.52. The van der Waals surface area contributed by atoms with Crippen molar-refractivity contribution in [1.29, 1.82) is 0 Å². The van der Waals surface area contributed by atoms with Crippen LogP contribution in [-0.4, -0.2) is 35.1 Å². The van der Waals surface area contributed by atoms with E-state index in [1.807, 2.05) is 24.3 Å². The van der Waals surface area contributed by atoms with Crippen LogP contribution in [0.5, 0.6) is 0 Å². The van der Waals surface area contributed by atoms with E-state index in [0.717, 1.165) is 31.2 Å². The second-order valence-corrected chi connectivity index (χ2v) is 9.69. The Morgan fingerprint density at radius 2 is 2.06 bits per heavy atom. The van der Waals surface area contributed by atoms with Crippen molar-refractivity contribution in [2.24, 2.45) is 16.8 Å². The maximum Gasteiger partial charge on any atom is 0.200 e. The first-order chi connectivity index (χ1) is 15.4. The smallest absolute Gasteiger partial charge is 0.200 e. The van der Waals surface area contributed by atoms with Gasteiger partial charge in [-0.25, -0.2) is 0 Å². The largest absolute Gasteiger partial charge is 0.353 e. The van der Waals surface area contributed by atoms with E-state index in [-0.39, 0.29) is 0 Å². The number of halogens is 1. The van der Waals surface area contributed by atoms with Gasteiger partial charge in [-0.15, -0.1) is 0 Å². The third-order valence-corrected chi connectivity index (χ3v) is 6.79. The van der Waals surface area contributed by atoms with E-state index in [2.05, 4.69) is 56.2 Å². The third-order valence-electron chi connectivity index (χ3n) is 6.23. The molecule has 3 unspecified atom stereocenters. The van der Waals surface area contributed by atoms with E-state index >= 15 is 0 Å². The lowest BCUT2D eigenvalue weighted by Gasteiger charge is -2.33. The Labute approximate surface area is 205 Å². The van der Waals surface area contributed by atoms with Gasteiger partial charge in [-0.05, 0) is 75.4 Å². The highest BCUT2D eigenvalue weighted by molar-refractivity contribution is 7.80. The quantitative estimate of drug-likeness (QED) is 0.260. The highest BCUT2D eigenvalue weighted by Gasteiger charge is 2.28. The van der Waals surface area contributed by atoms with Crippen LogP contribution >= 0.6 is 23.8 Å². The molecule has 0 radical (unpaired) electrons. The van der Waals surface area contributed by atoms with Gasteiger partial charge in [-0.3, -0.25) is 9.89 Å². The van der Waals surface area contributed by atoms with E-state index < -0.39 is 0 Å². The molecule has 1 aliphatic rings. The summed E-state index contributed by atoms with van der Waals surface area (Å²) in [5, 5.41) is 8.35. The molecule has 0 saturated heterocycles. The number of anilines is 1. The Morgan fingerprint density at radius 3 is 2.72 bits per heavy atom. The van der Waals surface area contributed by atoms with Crippen molar-refractivity contribution >= 4 is 40.6 Å². The lowest BCUT2D eigenvalue weighted by molar-refractivity contribution is 0.293. The third kappa shape index (κ3) is 8.08. The summed E-state index contributed by atoms with van der Waals surface area (Å²) in [5.74, 6) is 2.00. The summed E-state index contributed by atoms with van der Waals surface area (Å²) in [7, 11) is 0. The molecule has 0 bridgehead atoms. The molecule has 2 rings (SSSR count). The van der Waals surface area contributed by atoms with Crippen LogP contribution in [0.3, 0.4) is 0 Å². The van der Waals surface area contributed by atoms with Crippen LogP contribution in [0.15, 0.2) is 40.9 Å². The van der Waals surface area contributed by atoms with E-state index in [1.54, 1.807) is 0 Å². The van der Waals surface area contributed by atoms with Crippen molar-refractivity contribution in [1.82, 2.24) is 10.2 Å². The number of allylic oxidation sites excluding steroid dienone is 2. The predicted octanol–water partition coefficient (Wildman–Crippen LogP) is 7.27. The van der Waals surface area contributed by atoms with Gasteiger partial charge in [0.15, 0.2) is 5.11 Å². The van der Waals surface area contributed by atoms with Crippen molar-refractivity contribution in [3.8, 4) is 0 Å². The zero-order chi connectivity index (χ0) is 23.5. The molecule has 2 N–H and O–H groups in total. The van der Waals surface area contributed by atoms with Gasteiger partial charge in [0.25, 0.3) is 0 Å². The molecule has 0 amide bonds. The average molecular weight is 477 g/mol. The molecule has 0 spiro atoms. The molecule has 0 saturated carbocycles. The van der Waals surface area contributed by atoms with Gasteiger partial charge in [0.05, 0.1) is 6.54 Å². The molecular weight excluding hydrogens is 436 g/mol. The molecule has 0 fully saturated rings. The molecule has 1 heterocycles. The van der Waals surface area contributed by atoms with Gasteiger partial charge in [-0.1, -0.05) is 69.4 Å². The molecule has 1 aromatic rings. The monoisotopic (exact) mass is 476 g/mol. The van der Waals surface area contributed by atoms with E-state index in [4.69, 9.17) is 28.8 Å². The Bertz CT molecular complexity index is 792. The maximum atomic E-state index is 6.12. The van der Waals surface area contributed by atoms with Crippen LogP contribution in [0.25, 0.3) is 0 Å². The number of unbranched alkanes of at least 4 members (excludes halogenated alkanes) is 1. The van der Waals surface area contributed by atoms with Gasteiger partial charge in [0.2, 0.25) is 5.96 Å². The van der Waals surface area contributed by atoms with Crippen LogP contribution in [0.4, 0.5) is 5.69 Å². The van der Waals surface area contributed by atoms with Crippen molar-refractivity contribution < 1.29 is 0 Å². The molecule has 1 aromatic carbocycles. The van der Waals surface area contributed by atoms with Gasteiger partial charge >= 0.3 is 0 Å². The number of thiocarbonyl (C=S) groups is 1. The lowest BCUT2D eigenvalue weighted by Crippen LogP contribution is -2.49. The highest BCUT2D eigenvalue weighted by atomic mass is 35.5. The minimum absolute atomic E-state index is 0.306. The number of aliphatic imine (C=N–C) groups is 1. The van der Waals surface area contributed by atoms with Crippen LogP contribution in [0, 0.1) is 11.8 Å². The molecule has 4 nitrogen and oxygen atoms in total. The van der Waals surface area contributed by atoms with E-state index in [9.17, 15) is 0 Å². The van der Waals surface area contributed by atoms with E-state index in [0.29, 0.717) is 28.0 Å². The molecule has 0 aliphatic carbocycles. The second kappa shape index (κ2) is 13.8. The maximum absolute atomic E-state index is 6.12. The summed E-state index contributed by atoms with van der Waals surface area (Å²) in [4.78, 5) is 6.79. The highest BCUT2D eigenvalue weighted by Crippen LogP contribution is 2.28. The Morgan fingerprint density at radius 1 is 1.28 bits per heavy atom. The zero-order valence-corrected chi connectivity index (χ0v) is 22.0. The van der Waals surface area contributed by atoms with Crippen LogP contribution in [-0.2, 0) is 0 Å². The standard InChI is InChI=1S/C26H41ClN4S/c1-6-9-12-19(4)17-21(11-7-2)24(8-3)20(5)29-25-28-15-16-31(25)26(32)30-23-14-10-13-22(27)18-23/h10,13-14,17-18,20-21,24H,6-9,11-12,15-16H2,1-5H3,(H,28,29)(H,30,32)/b19-17+. The van der Waals surface area contributed by atoms with Crippen LogP contribution in [0.2, 0.25) is 5.02 Å². The van der Waals surface area contributed by atoms with Gasteiger partial charge in [-0.2, -0.15) is 0 Å². The van der Waals surface area contributed by atoms with Gasteiger partial charge in [0, 0.05) is 23.3 Å². The fourth-order valence-corrected chi connectivity index (χ4v) is 5.01. The number of guanidine groups is 1. The topological polar surface area (TPSA) is 39.7 Å². The number of hydrogen-bond donors (Lipinski definition) is 2. The summed E-state index contributed by atoms with van der Waals surface area (Å²) in [5.41, 5.74) is 2.42. The number of rotatable bonds is 11. The molecule has 3 atom stereocenters. The summed E-state index contributed by atoms with van der Waals surface area (Å²) in [6.45, 7) is 13.0. The van der Waals surface area contributed by atoms with E-state index in [1.165, 1.54) is 37.7 Å². The van der Waals surface area contributed by atoms with Crippen molar-refractivity contribution in [2.75, 3.05) is 18.4 Å². The number of hydrogen-bond acceptors (Lipinski definition) is 3. The second-order valence-electron chi connectivity index (χ2n) is 8.87. The van der Waals surface area contributed by atoms with Crippen LogP contribution < -0.4 is 10.6 Å². The average Bonchev–Trinajstić information content (AvgIpc) is 3.21. The number of nitrogens with one attached hydrogen (secondary N) is 2. The van der Waals surface area contributed by atoms with Crippen molar-refractivity contribution in [2.45, 2.75) is 79.2 Å². The normalized spacial score (nSPS) is 17.0. The molecular formula is C26H41ClN4S. The van der Waals surface area contributed by atoms with Crippen molar-refractivity contribution in [3.63, 3.8) is 0 Å². The molecule has 0 aromatic heterocycles. The summed E-state index contributed by atoms with van der Waals surface area (Å²) in [6, 6.07) is 7.93. The fraction of sp³-hybridized carbons (Fsp3) is 0.615. The first-order valence-electron chi connectivity index (χ1n) is 12.2. The van der Waals surface area contributed by atoms with Gasteiger partial charge < -0.3 is 10.6 Å². The van der Waals surface area contributed by atoms with Crippen LogP contribution in [0.1, 0.15) is 73.1 Å². The minimum Gasteiger partial charge on any atom is -0.353 e. The summed E-state index contributed by atoms with van der Waals surface area (Å²) >= 11 is 11.8. The first-order valence-corrected chi connectivity index (χ1v) is 13.0. The number of benzene rings is 1. The Kier molecular flexibility index (Phi) is 11.5. The zero-order valence-electron chi connectivity index (χ0n) is 20.5. The molecule has 32 heavy (non-hydrogen) atoms. The van der Waals surface area contributed by atoms with Gasteiger partial charge in [0.1, 0.15) is 0 Å². The SMILES string of the molecule is CCCC/C(C)=C/C(CCC)C(CC)C(C)NC1=NCCN1C(=S)Nc1cccc(Cl)c1. The molecule has 1 aliphatic heterocycles. The number of nitrogens with zero attached hydrogens (tertiary/aromatic N) is 2. The summed E-state index contributed by atoms with van der Waals surface area (Å²) < 4.78 is 0. The lowest BCUT2D eigenvalue weighted by atomic mass is 9.80. The predicted molar refractivity (Wildman–Crippen MR) is 145 cm³/mol. The molecule has 6 heteroatoms. The Hall–Kier alpha value is -1.59. The van der Waals surface area contributed by atoms with Crippen molar-refractivity contribution in [3.05, 3.63) is 40.9 Å². The minimum atomic E-state index is 0.306. The molecule has 178 valence electrons. The summed E-state index contributed by atoms with van der Waals surface area (Å²) in [6.07, 6.45) is 9.83. The Balaban J connectivity index is 2.06.